The number of alkyl halides is 3. The average molecular weight is 238 g/mol. The van der Waals surface area contributed by atoms with E-state index >= 15 is 0 Å². The predicted octanol–water partition coefficient (Wildman–Crippen LogP) is 4.28. The lowest BCUT2D eigenvalue weighted by Crippen LogP contribution is -2.20. The molecule has 0 saturated heterocycles. The van der Waals surface area contributed by atoms with E-state index in [-0.39, 0.29) is 0 Å². The summed E-state index contributed by atoms with van der Waals surface area (Å²) in [6.07, 6.45) is -4.81. The molecule has 0 nitrogen and oxygen atoms in total. The van der Waals surface area contributed by atoms with Crippen molar-refractivity contribution in [1.29, 1.82) is 0 Å². The summed E-state index contributed by atoms with van der Waals surface area (Å²) in [5, 5.41) is 0. The van der Waals surface area contributed by atoms with E-state index in [4.69, 9.17) is 0 Å². The minimum atomic E-state index is -4.81. The summed E-state index contributed by atoms with van der Waals surface area (Å²) in [6, 6.07) is 1.06. The third-order valence-electron chi connectivity index (χ3n) is 2.15. The van der Waals surface area contributed by atoms with E-state index < -0.39 is 34.4 Å². The van der Waals surface area contributed by atoms with Gasteiger partial charge in [0.2, 0.25) is 0 Å². The number of benzene rings is 1. The standard InChI is InChI=1S/C11H11F5/c1-10(2,3)8-7(12)5-4-6(9(8)13)11(14,15)16/h4-5H,1-3H3. The normalized spacial score (nSPS) is 13.0. The van der Waals surface area contributed by atoms with Gasteiger partial charge in [-0.05, 0) is 17.5 Å². The molecular formula is C11H11F5. The SMILES string of the molecule is CC(C)(C)c1c(F)ccc(C(F)(F)F)c1F. The summed E-state index contributed by atoms with van der Waals surface area (Å²) < 4.78 is 64.0. The van der Waals surface area contributed by atoms with Crippen LogP contribution in [0.3, 0.4) is 0 Å². The first kappa shape index (κ1) is 12.9. The summed E-state index contributed by atoms with van der Waals surface area (Å²) in [6.45, 7) is 4.36. The number of halogens is 5. The topological polar surface area (TPSA) is 0 Å². The lowest BCUT2D eigenvalue weighted by atomic mass is 9.85. The summed E-state index contributed by atoms with van der Waals surface area (Å²) in [7, 11) is 0. The lowest BCUT2D eigenvalue weighted by Gasteiger charge is -2.22. The van der Waals surface area contributed by atoms with Crippen molar-refractivity contribution < 1.29 is 22.0 Å². The van der Waals surface area contributed by atoms with Crippen molar-refractivity contribution in [2.24, 2.45) is 0 Å². The predicted molar refractivity (Wildman–Crippen MR) is 50.1 cm³/mol. The van der Waals surface area contributed by atoms with Gasteiger partial charge in [0.15, 0.2) is 0 Å². The Balaban J connectivity index is 3.52. The molecule has 0 fully saturated rings. The molecule has 1 aromatic carbocycles. The van der Waals surface area contributed by atoms with Gasteiger partial charge in [0.25, 0.3) is 0 Å². The minimum Gasteiger partial charge on any atom is -0.207 e. The molecule has 0 saturated carbocycles. The molecule has 0 unspecified atom stereocenters. The second kappa shape index (κ2) is 3.71. The molecule has 0 aliphatic heterocycles. The fourth-order valence-electron chi connectivity index (χ4n) is 1.46. The average Bonchev–Trinajstić information content (AvgIpc) is 1.97. The van der Waals surface area contributed by atoms with Crippen LogP contribution in [0.4, 0.5) is 22.0 Å². The Morgan fingerprint density at radius 1 is 0.938 bits per heavy atom. The van der Waals surface area contributed by atoms with Crippen molar-refractivity contribution in [3.8, 4) is 0 Å². The van der Waals surface area contributed by atoms with Crippen molar-refractivity contribution in [2.45, 2.75) is 32.4 Å². The third-order valence-corrected chi connectivity index (χ3v) is 2.15. The van der Waals surface area contributed by atoms with Crippen molar-refractivity contribution in [3.63, 3.8) is 0 Å². The zero-order valence-electron chi connectivity index (χ0n) is 9.04. The molecule has 0 aliphatic carbocycles. The summed E-state index contributed by atoms with van der Waals surface area (Å²) in [5.74, 6) is -2.49. The van der Waals surface area contributed by atoms with Crippen LogP contribution in [0.2, 0.25) is 0 Å². The van der Waals surface area contributed by atoms with E-state index in [0.29, 0.717) is 12.1 Å². The van der Waals surface area contributed by atoms with Gasteiger partial charge < -0.3 is 0 Å². The monoisotopic (exact) mass is 238 g/mol. The molecule has 90 valence electrons. The van der Waals surface area contributed by atoms with Gasteiger partial charge in [-0.25, -0.2) is 8.78 Å². The van der Waals surface area contributed by atoms with Crippen molar-refractivity contribution in [3.05, 3.63) is 34.9 Å². The Bertz CT molecular complexity index is 398. The highest BCUT2D eigenvalue weighted by atomic mass is 19.4. The minimum absolute atomic E-state index is 0.417. The van der Waals surface area contributed by atoms with Crippen molar-refractivity contribution in [2.75, 3.05) is 0 Å². The molecule has 5 heteroatoms. The van der Waals surface area contributed by atoms with Crippen LogP contribution in [0, 0.1) is 11.6 Å². The third kappa shape index (κ3) is 2.33. The van der Waals surface area contributed by atoms with Gasteiger partial charge in [-0.2, -0.15) is 13.2 Å². The molecule has 1 aromatic rings. The first-order valence-electron chi connectivity index (χ1n) is 4.61. The van der Waals surface area contributed by atoms with Gasteiger partial charge in [0, 0.05) is 5.56 Å². The molecule has 0 amide bonds. The Kier molecular flexibility index (Phi) is 3.00. The van der Waals surface area contributed by atoms with Gasteiger partial charge in [-0.3, -0.25) is 0 Å². The Morgan fingerprint density at radius 2 is 1.44 bits per heavy atom. The maximum absolute atomic E-state index is 13.6. The van der Waals surface area contributed by atoms with E-state index in [9.17, 15) is 22.0 Å². The second-order valence-electron chi connectivity index (χ2n) is 4.53. The molecule has 0 bridgehead atoms. The molecule has 0 aromatic heterocycles. The van der Waals surface area contributed by atoms with Gasteiger partial charge in [-0.15, -0.1) is 0 Å². The first-order chi connectivity index (χ1) is 7.05. The van der Waals surface area contributed by atoms with Gasteiger partial charge in [-0.1, -0.05) is 20.8 Å². The second-order valence-corrected chi connectivity index (χ2v) is 4.53. The molecule has 0 radical (unpaired) electrons. The lowest BCUT2D eigenvalue weighted by molar-refractivity contribution is -0.140. The van der Waals surface area contributed by atoms with Crippen LogP contribution in [0.5, 0.6) is 0 Å². The highest BCUT2D eigenvalue weighted by Gasteiger charge is 2.37. The Morgan fingerprint density at radius 3 is 1.81 bits per heavy atom. The van der Waals surface area contributed by atoms with Crippen LogP contribution in [0.25, 0.3) is 0 Å². The summed E-state index contributed by atoms with van der Waals surface area (Å²) in [4.78, 5) is 0. The molecule has 0 spiro atoms. The van der Waals surface area contributed by atoms with Crippen LogP contribution < -0.4 is 0 Å². The van der Waals surface area contributed by atoms with Crippen LogP contribution >= 0.6 is 0 Å². The maximum Gasteiger partial charge on any atom is 0.419 e. The van der Waals surface area contributed by atoms with Crippen LogP contribution in [-0.4, -0.2) is 0 Å². The maximum atomic E-state index is 13.6. The smallest absolute Gasteiger partial charge is 0.207 e. The molecule has 1 rings (SSSR count). The van der Waals surface area contributed by atoms with E-state index in [1.807, 2.05) is 0 Å². The van der Waals surface area contributed by atoms with Gasteiger partial charge in [0.05, 0.1) is 5.56 Å². The highest BCUT2D eigenvalue weighted by molar-refractivity contribution is 5.33. The molecule has 16 heavy (non-hydrogen) atoms. The molecule has 0 atom stereocenters. The molecule has 0 aliphatic rings. The number of rotatable bonds is 0. The first-order valence-corrected chi connectivity index (χ1v) is 4.61. The molecule has 0 heterocycles. The zero-order chi connectivity index (χ0) is 12.7. The summed E-state index contributed by atoms with van der Waals surface area (Å²) >= 11 is 0. The van der Waals surface area contributed by atoms with Gasteiger partial charge >= 0.3 is 6.18 Å². The van der Waals surface area contributed by atoms with E-state index in [1.54, 1.807) is 0 Å². The quantitative estimate of drug-likeness (QED) is 0.592. The van der Waals surface area contributed by atoms with Crippen LogP contribution in [0.1, 0.15) is 31.9 Å². The molecular weight excluding hydrogens is 227 g/mol. The van der Waals surface area contributed by atoms with Crippen LogP contribution in [0.15, 0.2) is 12.1 Å². The highest BCUT2D eigenvalue weighted by Crippen LogP contribution is 2.37. The Hall–Kier alpha value is -1.13. The van der Waals surface area contributed by atoms with Crippen molar-refractivity contribution in [1.82, 2.24) is 0 Å². The summed E-state index contributed by atoms with van der Waals surface area (Å²) in [5.41, 5.74) is -2.99. The largest absolute Gasteiger partial charge is 0.419 e. The number of hydrogen-bond acceptors (Lipinski definition) is 0. The van der Waals surface area contributed by atoms with E-state index in [1.165, 1.54) is 20.8 Å². The fourth-order valence-corrected chi connectivity index (χ4v) is 1.46. The zero-order valence-corrected chi connectivity index (χ0v) is 9.04. The number of hydrogen-bond donors (Lipinski definition) is 0. The Labute approximate surface area is 90.1 Å². The van der Waals surface area contributed by atoms with Gasteiger partial charge in [0.1, 0.15) is 11.6 Å². The van der Waals surface area contributed by atoms with E-state index in [2.05, 4.69) is 0 Å². The molecule has 0 N–H and O–H groups in total. The fraction of sp³-hybridized carbons (Fsp3) is 0.455. The van der Waals surface area contributed by atoms with Crippen LogP contribution in [-0.2, 0) is 11.6 Å². The van der Waals surface area contributed by atoms with Crippen molar-refractivity contribution >= 4 is 0 Å². The van der Waals surface area contributed by atoms with E-state index in [0.717, 1.165) is 0 Å².